The van der Waals surface area contributed by atoms with Gasteiger partial charge in [0.1, 0.15) is 0 Å². The Morgan fingerprint density at radius 3 is 2.38 bits per heavy atom. The fourth-order valence-electron chi connectivity index (χ4n) is 2.91. The molecule has 2 aromatic rings. The maximum atomic E-state index is 5.77. The van der Waals surface area contributed by atoms with Gasteiger partial charge in [-0.3, -0.25) is 0 Å². The quantitative estimate of drug-likeness (QED) is 0.820. The van der Waals surface area contributed by atoms with Crippen LogP contribution in [0.1, 0.15) is 37.3 Å². The van der Waals surface area contributed by atoms with E-state index in [2.05, 4.69) is 61.6 Å². The zero-order valence-electron chi connectivity index (χ0n) is 12.8. The van der Waals surface area contributed by atoms with Gasteiger partial charge in [-0.25, -0.2) is 0 Å². The average Bonchev–Trinajstić information content (AvgIpc) is 3.26. The molecule has 1 saturated carbocycles. The Hall–Kier alpha value is -1.80. The van der Waals surface area contributed by atoms with Crippen molar-refractivity contribution in [2.24, 2.45) is 0 Å². The smallest absolute Gasteiger partial charge is 0.0314 e. The third-order valence-electron chi connectivity index (χ3n) is 4.52. The van der Waals surface area contributed by atoms with Crippen molar-refractivity contribution >= 4 is 5.69 Å². The molecule has 0 radical (unpaired) electrons. The van der Waals surface area contributed by atoms with Gasteiger partial charge >= 0.3 is 0 Å². The topological polar surface area (TPSA) is 38.0 Å². The first-order valence-electron chi connectivity index (χ1n) is 7.71. The fraction of sp³-hybridized carbons (Fsp3) is 0.368. The third-order valence-corrected chi connectivity index (χ3v) is 4.52. The molecule has 2 nitrogen and oxygen atoms in total. The van der Waals surface area contributed by atoms with Gasteiger partial charge in [0, 0.05) is 29.6 Å². The average molecular weight is 280 g/mol. The molecule has 0 bridgehead atoms. The van der Waals surface area contributed by atoms with Crippen molar-refractivity contribution in [2.75, 3.05) is 12.3 Å². The van der Waals surface area contributed by atoms with Crippen molar-refractivity contribution < 1.29 is 0 Å². The van der Waals surface area contributed by atoms with Gasteiger partial charge in [-0.1, -0.05) is 56.3 Å². The Labute approximate surface area is 127 Å². The SMILES string of the molecule is CC(C)(CNC1CC1c1ccccc1)c1ccc(N)cc1. The highest BCUT2D eigenvalue weighted by atomic mass is 15.0. The molecule has 0 aromatic heterocycles. The van der Waals surface area contributed by atoms with Gasteiger partial charge in [0.25, 0.3) is 0 Å². The van der Waals surface area contributed by atoms with Crippen LogP contribution in [-0.2, 0) is 5.41 Å². The van der Waals surface area contributed by atoms with Gasteiger partial charge in [0.2, 0.25) is 0 Å². The minimum Gasteiger partial charge on any atom is -0.399 e. The number of anilines is 1. The van der Waals surface area contributed by atoms with E-state index in [0.29, 0.717) is 12.0 Å². The van der Waals surface area contributed by atoms with Crippen LogP contribution < -0.4 is 11.1 Å². The second-order valence-corrected chi connectivity index (χ2v) is 6.75. The van der Waals surface area contributed by atoms with Crippen molar-refractivity contribution in [2.45, 2.75) is 37.6 Å². The van der Waals surface area contributed by atoms with Crippen molar-refractivity contribution in [3.63, 3.8) is 0 Å². The highest BCUT2D eigenvalue weighted by Gasteiger charge is 2.38. The van der Waals surface area contributed by atoms with E-state index in [1.165, 1.54) is 17.5 Å². The molecular weight excluding hydrogens is 256 g/mol. The molecule has 3 N–H and O–H groups in total. The molecule has 3 rings (SSSR count). The molecule has 0 aliphatic heterocycles. The van der Waals surface area contributed by atoms with Crippen LogP contribution in [0.5, 0.6) is 0 Å². The zero-order valence-corrected chi connectivity index (χ0v) is 12.8. The summed E-state index contributed by atoms with van der Waals surface area (Å²) >= 11 is 0. The summed E-state index contributed by atoms with van der Waals surface area (Å²) in [6, 6.07) is 19.7. The molecule has 21 heavy (non-hydrogen) atoms. The molecule has 1 aliphatic rings. The third kappa shape index (κ3) is 3.27. The largest absolute Gasteiger partial charge is 0.399 e. The van der Waals surface area contributed by atoms with Crippen LogP contribution in [-0.4, -0.2) is 12.6 Å². The summed E-state index contributed by atoms with van der Waals surface area (Å²) < 4.78 is 0. The molecule has 0 saturated heterocycles. The summed E-state index contributed by atoms with van der Waals surface area (Å²) in [5, 5.41) is 3.73. The summed E-state index contributed by atoms with van der Waals surface area (Å²) in [5.41, 5.74) is 9.51. The van der Waals surface area contributed by atoms with Crippen LogP contribution in [0.25, 0.3) is 0 Å². The van der Waals surface area contributed by atoms with Crippen molar-refractivity contribution in [3.8, 4) is 0 Å². The Balaban J connectivity index is 1.57. The van der Waals surface area contributed by atoms with Gasteiger partial charge in [-0.05, 0) is 29.7 Å². The lowest BCUT2D eigenvalue weighted by molar-refractivity contribution is 0.465. The molecule has 0 spiro atoms. The molecule has 2 atom stereocenters. The van der Waals surface area contributed by atoms with E-state index in [1.807, 2.05) is 12.1 Å². The number of nitrogens with two attached hydrogens (primary N) is 1. The molecule has 2 aromatic carbocycles. The number of rotatable bonds is 5. The summed E-state index contributed by atoms with van der Waals surface area (Å²) in [5.74, 6) is 0.688. The lowest BCUT2D eigenvalue weighted by Crippen LogP contribution is -2.34. The highest BCUT2D eigenvalue weighted by Crippen LogP contribution is 2.41. The Kier molecular flexibility index (Phi) is 3.73. The Bertz CT molecular complexity index is 587. The van der Waals surface area contributed by atoms with Crippen molar-refractivity contribution in [1.29, 1.82) is 0 Å². The number of hydrogen-bond acceptors (Lipinski definition) is 2. The van der Waals surface area contributed by atoms with Gasteiger partial charge < -0.3 is 11.1 Å². The maximum absolute atomic E-state index is 5.77. The van der Waals surface area contributed by atoms with Crippen LogP contribution in [0.3, 0.4) is 0 Å². The van der Waals surface area contributed by atoms with Gasteiger partial charge in [0.15, 0.2) is 0 Å². The van der Waals surface area contributed by atoms with Crippen LogP contribution >= 0.6 is 0 Å². The molecular formula is C19H24N2. The van der Waals surface area contributed by atoms with Crippen LogP contribution in [0.4, 0.5) is 5.69 Å². The van der Waals surface area contributed by atoms with Gasteiger partial charge in [-0.15, -0.1) is 0 Å². The Morgan fingerprint density at radius 2 is 1.71 bits per heavy atom. The van der Waals surface area contributed by atoms with E-state index in [-0.39, 0.29) is 5.41 Å². The second kappa shape index (κ2) is 5.53. The molecule has 2 heteroatoms. The summed E-state index contributed by atoms with van der Waals surface area (Å²) in [7, 11) is 0. The maximum Gasteiger partial charge on any atom is 0.0314 e. The van der Waals surface area contributed by atoms with E-state index in [4.69, 9.17) is 5.73 Å². The zero-order chi connectivity index (χ0) is 14.9. The van der Waals surface area contributed by atoms with Crippen LogP contribution in [0.15, 0.2) is 54.6 Å². The predicted molar refractivity (Wildman–Crippen MR) is 89.5 cm³/mol. The lowest BCUT2D eigenvalue weighted by atomic mass is 9.84. The van der Waals surface area contributed by atoms with Crippen molar-refractivity contribution in [3.05, 3.63) is 65.7 Å². The van der Waals surface area contributed by atoms with Gasteiger partial charge in [-0.2, -0.15) is 0 Å². The normalized spacial score (nSPS) is 21.2. The molecule has 0 heterocycles. The number of benzene rings is 2. The van der Waals surface area contributed by atoms with Crippen LogP contribution in [0.2, 0.25) is 0 Å². The minimum atomic E-state index is 0.123. The monoisotopic (exact) mass is 280 g/mol. The lowest BCUT2D eigenvalue weighted by Gasteiger charge is -2.26. The molecule has 2 unspecified atom stereocenters. The molecule has 1 fully saturated rings. The molecule has 1 aliphatic carbocycles. The van der Waals surface area contributed by atoms with Crippen molar-refractivity contribution in [1.82, 2.24) is 5.32 Å². The summed E-state index contributed by atoms with van der Waals surface area (Å²) in [6.07, 6.45) is 1.25. The minimum absolute atomic E-state index is 0.123. The fourth-order valence-corrected chi connectivity index (χ4v) is 2.91. The van der Waals surface area contributed by atoms with E-state index in [0.717, 1.165) is 12.2 Å². The second-order valence-electron chi connectivity index (χ2n) is 6.75. The number of hydrogen-bond donors (Lipinski definition) is 2. The van der Waals surface area contributed by atoms with Crippen LogP contribution in [0, 0.1) is 0 Å². The van der Waals surface area contributed by atoms with E-state index in [9.17, 15) is 0 Å². The molecule has 110 valence electrons. The number of nitrogens with one attached hydrogen (secondary N) is 1. The van der Waals surface area contributed by atoms with E-state index in [1.54, 1.807) is 0 Å². The summed E-state index contributed by atoms with van der Waals surface area (Å²) in [6.45, 7) is 5.56. The van der Waals surface area contributed by atoms with Gasteiger partial charge in [0.05, 0.1) is 0 Å². The number of nitrogen functional groups attached to an aromatic ring is 1. The first-order chi connectivity index (χ1) is 10.1. The first kappa shape index (κ1) is 14.2. The highest BCUT2D eigenvalue weighted by molar-refractivity contribution is 5.41. The van der Waals surface area contributed by atoms with E-state index >= 15 is 0 Å². The van der Waals surface area contributed by atoms with E-state index < -0.39 is 0 Å². The summed E-state index contributed by atoms with van der Waals surface area (Å²) in [4.78, 5) is 0. The Morgan fingerprint density at radius 1 is 1.05 bits per heavy atom. The molecule has 0 amide bonds. The first-order valence-corrected chi connectivity index (χ1v) is 7.71. The predicted octanol–water partition coefficient (Wildman–Crippen LogP) is 3.69. The standard InChI is InChI=1S/C19H24N2/c1-19(2,15-8-10-16(20)11-9-15)13-21-18-12-17(18)14-6-4-3-5-7-14/h3-11,17-18,21H,12-13,20H2,1-2H3.